The van der Waals surface area contributed by atoms with Crippen molar-refractivity contribution >= 4 is 10.8 Å². The molecule has 0 spiro atoms. The SMILES string of the molecule is CCC(CC)CNC(C)CS(C)=O. The van der Waals surface area contributed by atoms with Crippen molar-refractivity contribution in [3.05, 3.63) is 0 Å². The minimum Gasteiger partial charge on any atom is -0.313 e. The van der Waals surface area contributed by atoms with Gasteiger partial charge in [-0.2, -0.15) is 0 Å². The Morgan fingerprint density at radius 3 is 2.23 bits per heavy atom. The molecular weight excluding hydrogens is 182 g/mol. The fourth-order valence-corrected chi connectivity index (χ4v) is 2.18. The van der Waals surface area contributed by atoms with Crippen LogP contribution < -0.4 is 5.32 Å². The Kier molecular flexibility index (Phi) is 7.57. The predicted octanol–water partition coefficient (Wildman–Crippen LogP) is 1.78. The molecule has 1 N–H and O–H groups in total. The third-order valence-corrected chi connectivity index (χ3v) is 3.36. The molecule has 2 unspecified atom stereocenters. The maximum absolute atomic E-state index is 10.9. The molecule has 0 saturated carbocycles. The highest BCUT2D eigenvalue weighted by atomic mass is 32.2. The van der Waals surface area contributed by atoms with Crippen LogP contribution >= 0.6 is 0 Å². The molecular formula is C10H23NOS. The van der Waals surface area contributed by atoms with Crippen molar-refractivity contribution in [3.8, 4) is 0 Å². The second kappa shape index (κ2) is 7.51. The largest absolute Gasteiger partial charge is 0.313 e. The Hall–Kier alpha value is 0.110. The van der Waals surface area contributed by atoms with Gasteiger partial charge in [0, 0.05) is 28.9 Å². The average molecular weight is 205 g/mol. The lowest BCUT2D eigenvalue weighted by molar-refractivity contribution is 0.428. The van der Waals surface area contributed by atoms with E-state index in [9.17, 15) is 4.21 Å². The summed E-state index contributed by atoms with van der Waals surface area (Å²) in [6.45, 7) is 7.60. The lowest BCUT2D eigenvalue weighted by Gasteiger charge is -2.17. The van der Waals surface area contributed by atoms with Gasteiger partial charge in [-0.3, -0.25) is 4.21 Å². The van der Waals surface area contributed by atoms with Gasteiger partial charge in [0.15, 0.2) is 0 Å². The zero-order chi connectivity index (χ0) is 10.3. The summed E-state index contributed by atoms with van der Waals surface area (Å²) in [5.41, 5.74) is 0. The summed E-state index contributed by atoms with van der Waals surface area (Å²) in [7, 11) is -0.677. The molecule has 80 valence electrons. The van der Waals surface area contributed by atoms with Gasteiger partial charge >= 0.3 is 0 Å². The van der Waals surface area contributed by atoms with E-state index in [4.69, 9.17) is 0 Å². The number of nitrogens with one attached hydrogen (secondary N) is 1. The summed E-state index contributed by atoms with van der Waals surface area (Å²) in [6.07, 6.45) is 4.21. The average Bonchev–Trinajstić information content (AvgIpc) is 2.05. The maximum atomic E-state index is 10.9. The molecule has 0 amide bonds. The molecule has 0 aliphatic heterocycles. The standard InChI is InChI=1S/C10H23NOS/c1-5-10(6-2)7-11-9(3)8-13(4)12/h9-11H,5-8H2,1-4H3. The van der Waals surface area contributed by atoms with Crippen molar-refractivity contribution in [1.29, 1.82) is 0 Å². The lowest BCUT2D eigenvalue weighted by atomic mass is 10.0. The quantitative estimate of drug-likeness (QED) is 0.686. The third-order valence-electron chi connectivity index (χ3n) is 2.39. The van der Waals surface area contributed by atoms with E-state index >= 15 is 0 Å². The van der Waals surface area contributed by atoms with E-state index < -0.39 is 10.8 Å². The van der Waals surface area contributed by atoms with Crippen LogP contribution in [0.15, 0.2) is 0 Å². The zero-order valence-electron chi connectivity index (χ0n) is 9.30. The first-order valence-corrected chi connectivity index (χ1v) is 6.86. The molecule has 2 atom stereocenters. The van der Waals surface area contributed by atoms with Crippen LogP contribution in [0.3, 0.4) is 0 Å². The molecule has 0 aliphatic carbocycles. The fraction of sp³-hybridized carbons (Fsp3) is 1.00. The third kappa shape index (κ3) is 7.20. The van der Waals surface area contributed by atoms with Gasteiger partial charge in [-0.25, -0.2) is 0 Å². The van der Waals surface area contributed by atoms with Crippen molar-refractivity contribution < 1.29 is 4.21 Å². The van der Waals surface area contributed by atoms with E-state index in [0.29, 0.717) is 6.04 Å². The minimum atomic E-state index is -0.677. The predicted molar refractivity (Wildman–Crippen MR) is 60.5 cm³/mol. The van der Waals surface area contributed by atoms with Crippen LogP contribution in [0.25, 0.3) is 0 Å². The van der Waals surface area contributed by atoms with E-state index in [1.54, 1.807) is 6.26 Å². The summed E-state index contributed by atoms with van der Waals surface area (Å²) >= 11 is 0. The number of hydrogen-bond acceptors (Lipinski definition) is 2. The molecule has 3 heteroatoms. The summed E-state index contributed by atoms with van der Waals surface area (Å²) in [5, 5.41) is 3.42. The first-order chi connectivity index (χ1) is 6.10. The second-order valence-electron chi connectivity index (χ2n) is 3.73. The van der Waals surface area contributed by atoms with Crippen LogP contribution in [-0.4, -0.2) is 28.8 Å². The van der Waals surface area contributed by atoms with Crippen molar-refractivity contribution in [2.75, 3.05) is 18.6 Å². The lowest BCUT2D eigenvalue weighted by Crippen LogP contribution is -2.34. The normalized spacial score (nSPS) is 16.1. The molecule has 0 bridgehead atoms. The Morgan fingerprint density at radius 2 is 1.85 bits per heavy atom. The molecule has 0 aromatic carbocycles. The van der Waals surface area contributed by atoms with Gasteiger partial charge in [-0.1, -0.05) is 26.7 Å². The van der Waals surface area contributed by atoms with Crippen LogP contribution in [0.4, 0.5) is 0 Å². The Bertz CT molecular complexity index is 146. The summed E-state index contributed by atoms with van der Waals surface area (Å²) < 4.78 is 10.9. The molecule has 2 nitrogen and oxygen atoms in total. The summed E-state index contributed by atoms with van der Waals surface area (Å²) in [5.74, 6) is 1.54. The minimum absolute atomic E-state index is 0.381. The van der Waals surface area contributed by atoms with Gasteiger partial charge in [-0.05, 0) is 19.4 Å². The fourth-order valence-electron chi connectivity index (χ4n) is 1.36. The molecule has 0 heterocycles. The second-order valence-corrected chi connectivity index (χ2v) is 5.21. The Balaban J connectivity index is 3.55. The van der Waals surface area contributed by atoms with Gasteiger partial charge in [-0.15, -0.1) is 0 Å². The molecule has 0 saturated heterocycles. The van der Waals surface area contributed by atoms with E-state index in [1.165, 1.54) is 12.8 Å². The first-order valence-electron chi connectivity index (χ1n) is 5.13. The van der Waals surface area contributed by atoms with E-state index in [2.05, 4.69) is 26.1 Å². The van der Waals surface area contributed by atoms with Gasteiger partial charge in [0.2, 0.25) is 0 Å². The van der Waals surface area contributed by atoms with E-state index in [0.717, 1.165) is 18.2 Å². The van der Waals surface area contributed by atoms with Gasteiger partial charge in [0.1, 0.15) is 0 Å². The molecule has 0 aromatic heterocycles. The monoisotopic (exact) mass is 205 g/mol. The molecule has 0 radical (unpaired) electrons. The topological polar surface area (TPSA) is 29.1 Å². The Labute approximate surface area is 84.9 Å². The van der Waals surface area contributed by atoms with E-state index in [1.807, 2.05) is 0 Å². The van der Waals surface area contributed by atoms with Crippen LogP contribution in [0.1, 0.15) is 33.6 Å². The Morgan fingerprint density at radius 1 is 1.31 bits per heavy atom. The van der Waals surface area contributed by atoms with Crippen molar-refractivity contribution in [2.45, 2.75) is 39.7 Å². The van der Waals surface area contributed by atoms with Crippen LogP contribution in [0.2, 0.25) is 0 Å². The van der Waals surface area contributed by atoms with Crippen LogP contribution in [0.5, 0.6) is 0 Å². The zero-order valence-corrected chi connectivity index (χ0v) is 10.1. The van der Waals surface area contributed by atoms with Crippen molar-refractivity contribution in [2.24, 2.45) is 5.92 Å². The molecule has 0 aromatic rings. The molecule has 0 aliphatic rings. The van der Waals surface area contributed by atoms with Crippen molar-refractivity contribution in [3.63, 3.8) is 0 Å². The van der Waals surface area contributed by atoms with Gasteiger partial charge in [0.05, 0.1) is 0 Å². The highest BCUT2D eigenvalue weighted by Crippen LogP contribution is 2.05. The van der Waals surface area contributed by atoms with Crippen LogP contribution in [0, 0.1) is 5.92 Å². The molecule has 0 rings (SSSR count). The molecule has 13 heavy (non-hydrogen) atoms. The highest BCUT2D eigenvalue weighted by Gasteiger charge is 2.07. The number of rotatable bonds is 7. The molecule has 0 fully saturated rings. The van der Waals surface area contributed by atoms with E-state index in [-0.39, 0.29) is 0 Å². The summed E-state index contributed by atoms with van der Waals surface area (Å²) in [4.78, 5) is 0. The van der Waals surface area contributed by atoms with Crippen molar-refractivity contribution in [1.82, 2.24) is 5.32 Å². The summed E-state index contributed by atoms with van der Waals surface area (Å²) in [6, 6.07) is 0.381. The maximum Gasteiger partial charge on any atom is 0.0383 e. The van der Waals surface area contributed by atoms with Gasteiger partial charge in [0.25, 0.3) is 0 Å². The number of hydrogen-bond donors (Lipinski definition) is 1. The van der Waals surface area contributed by atoms with Crippen LogP contribution in [-0.2, 0) is 10.8 Å². The first kappa shape index (κ1) is 13.1. The highest BCUT2D eigenvalue weighted by molar-refractivity contribution is 7.84. The smallest absolute Gasteiger partial charge is 0.0383 e. The van der Waals surface area contributed by atoms with Gasteiger partial charge < -0.3 is 5.32 Å².